The van der Waals surface area contributed by atoms with Gasteiger partial charge in [-0.2, -0.15) is 0 Å². The second-order valence-electron chi connectivity index (χ2n) is 6.06. The Bertz CT molecular complexity index is 967. The molecule has 2 N–H and O–H groups in total. The molecule has 6 nitrogen and oxygen atoms in total. The first-order valence-electron chi connectivity index (χ1n) is 8.31. The monoisotopic (exact) mass is 396 g/mol. The molecule has 2 aromatic carbocycles. The van der Waals surface area contributed by atoms with Gasteiger partial charge < -0.3 is 0 Å². The summed E-state index contributed by atoms with van der Waals surface area (Å²) >= 11 is 0. The first-order chi connectivity index (χ1) is 12.2. The molecule has 8 heteroatoms. The molecule has 0 saturated heterocycles. The fraction of sp³-hybridized carbons (Fsp3) is 0.333. The van der Waals surface area contributed by atoms with Crippen LogP contribution in [0.25, 0.3) is 0 Å². The van der Waals surface area contributed by atoms with Gasteiger partial charge in [0.15, 0.2) is 0 Å². The average Bonchev–Trinajstić information content (AvgIpc) is 2.57. The SMILES string of the molecule is CCNS(=O)(=O)c1ccc(CCNS(=O)(=O)c2cc(C)ccc2C)cc1. The lowest BCUT2D eigenvalue weighted by molar-refractivity contribution is 0.580. The molecule has 0 atom stereocenters. The van der Waals surface area contributed by atoms with Crippen molar-refractivity contribution in [1.29, 1.82) is 0 Å². The van der Waals surface area contributed by atoms with E-state index in [-0.39, 0.29) is 16.3 Å². The van der Waals surface area contributed by atoms with Crippen LogP contribution in [-0.2, 0) is 26.5 Å². The van der Waals surface area contributed by atoms with Crippen LogP contribution in [0.1, 0.15) is 23.6 Å². The highest BCUT2D eigenvalue weighted by Crippen LogP contribution is 2.16. The summed E-state index contributed by atoms with van der Waals surface area (Å²) in [5, 5.41) is 0. The second kappa shape index (κ2) is 8.30. The van der Waals surface area contributed by atoms with Crippen LogP contribution in [-0.4, -0.2) is 29.9 Å². The molecule has 26 heavy (non-hydrogen) atoms. The van der Waals surface area contributed by atoms with Gasteiger partial charge in [-0.15, -0.1) is 0 Å². The molecule has 0 fully saturated rings. The summed E-state index contributed by atoms with van der Waals surface area (Å²) in [5.74, 6) is 0. The van der Waals surface area contributed by atoms with Gasteiger partial charge in [0.05, 0.1) is 9.79 Å². The molecule has 0 amide bonds. The van der Waals surface area contributed by atoms with Crippen LogP contribution >= 0.6 is 0 Å². The molecule has 0 aliphatic heterocycles. The van der Waals surface area contributed by atoms with Crippen LogP contribution in [0, 0.1) is 13.8 Å². The van der Waals surface area contributed by atoms with Crippen LogP contribution in [0.4, 0.5) is 0 Å². The molecule has 0 saturated carbocycles. The zero-order valence-electron chi connectivity index (χ0n) is 15.1. The summed E-state index contributed by atoms with van der Waals surface area (Å²) in [4.78, 5) is 0.476. The van der Waals surface area contributed by atoms with Gasteiger partial charge in [-0.3, -0.25) is 0 Å². The van der Waals surface area contributed by atoms with Crippen molar-refractivity contribution < 1.29 is 16.8 Å². The molecule has 0 unspecified atom stereocenters. The summed E-state index contributed by atoms with van der Waals surface area (Å²) in [6.07, 6.45) is 0.464. The lowest BCUT2D eigenvalue weighted by Crippen LogP contribution is -2.26. The normalized spacial score (nSPS) is 12.3. The van der Waals surface area contributed by atoms with E-state index in [9.17, 15) is 16.8 Å². The zero-order chi connectivity index (χ0) is 19.4. The number of benzene rings is 2. The second-order valence-corrected chi connectivity index (χ2v) is 9.56. The molecule has 0 radical (unpaired) electrons. The summed E-state index contributed by atoms with van der Waals surface area (Å²) in [7, 11) is -7.06. The molecule has 0 heterocycles. The third kappa shape index (κ3) is 5.14. The molecular weight excluding hydrogens is 372 g/mol. The van der Waals surface area contributed by atoms with Crippen molar-refractivity contribution in [3.63, 3.8) is 0 Å². The maximum atomic E-state index is 12.5. The molecule has 2 rings (SSSR count). The molecule has 0 aliphatic carbocycles. The van der Waals surface area contributed by atoms with E-state index in [0.717, 1.165) is 11.1 Å². The first kappa shape index (κ1) is 20.6. The van der Waals surface area contributed by atoms with Gasteiger partial charge in [0.25, 0.3) is 0 Å². The Balaban J connectivity index is 2.02. The Labute approximate surface area is 155 Å². The van der Waals surface area contributed by atoms with Crippen molar-refractivity contribution in [3.8, 4) is 0 Å². The first-order valence-corrected chi connectivity index (χ1v) is 11.3. The van der Waals surface area contributed by atoms with E-state index >= 15 is 0 Å². The Hall–Kier alpha value is -1.74. The highest BCUT2D eigenvalue weighted by atomic mass is 32.2. The van der Waals surface area contributed by atoms with Crippen LogP contribution in [0.2, 0.25) is 0 Å². The molecule has 0 aromatic heterocycles. The minimum Gasteiger partial charge on any atom is -0.211 e. The number of hydrogen-bond donors (Lipinski definition) is 2. The van der Waals surface area contributed by atoms with Gasteiger partial charge in [0.1, 0.15) is 0 Å². The van der Waals surface area contributed by atoms with Gasteiger partial charge in [0.2, 0.25) is 20.0 Å². The largest absolute Gasteiger partial charge is 0.240 e. The Morgan fingerprint density at radius 2 is 1.50 bits per heavy atom. The van der Waals surface area contributed by atoms with Gasteiger partial charge in [0, 0.05) is 13.1 Å². The van der Waals surface area contributed by atoms with Crippen LogP contribution in [0.3, 0.4) is 0 Å². The fourth-order valence-electron chi connectivity index (χ4n) is 2.51. The van der Waals surface area contributed by atoms with E-state index in [1.165, 1.54) is 12.1 Å². The minimum absolute atomic E-state index is 0.194. The quantitative estimate of drug-likeness (QED) is 0.715. The molecule has 142 valence electrons. The predicted molar refractivity (Wildman–Crippen MR) is 102 cm³/mol. The Morgan fingerprint density at radius 1 is 0.846 bits per heavy atom. The molecular formula is C18H24N2O4S2. The summed E-state index contributed by atoms with van der Waals surface area (Å²) in [6, 6.07) is 11.7. The number of hydrogen-bond acceptors (Lipinski definition) is 4. The van der Waals surface area contributed by atoms with Crippen LogP contribution in [0.5, 0.6) is 0 Å². The highest BCUT2D eigenvalue weighted by molar-refractivity contribution is 7.89. The number of aryl methyl sites for hydroxylation is 2. The van der Waals surface area contributed by atoms with Crippen molar-refractivity contribution in [1.82, 2.24) is 9.44 Å². The average molecular weight is 397 g/mol. The van der Waals surface area contributed by atoms with Crippen LogP contribution < -0.4 is 9.44 Å². The van der Waals surface area contributed by atoms with Gasteiger partial charge in [-0.05, 0) is 55.2 Å². The van der Waals surface area contributed by atoms with Crippen LogP contribution in [0.15, 0.2) is 52.3 Å². The van der Waals surface area contributed by atoms with E-state index in [1.54, 1.807) is 38.1 Å². The number of nitrogens with one attached hydrogen (secondary N) is 2. The Kier molecular flexibility index (Phi) is 6.57. The lowest BCUT2D eigenvalue weighted by Gasteiger charge is -2.10. The van der Waals surface area contributed by atoms with Crippen molar-refractivity contribution in [3.05, 3.63) is 59.2 Å². The fourth-order valence-corrected chi connectivity index (χ4v) is 4.91. The number of rotatable bonds is 8. The highest BCUT2D eigenvalue weighted by Gasteiger charge is 2.16. The van der Waals surface area contributed by atoms with Crippen molar-refractivity contribution in [2.45, 2.75) is 37.0 Å². The standard InChI is InChI=1S/C18H24N2O4S2/c1-4-19-25(21,22)17-9-7-16(8-10-17)11-12-20-26(23,24)18-13-14(2)5-6-15(18)3/h5-10,13,19-20H,4,11-12H2,1-3H3. The zero-order valence-corrected chi connectivity index (χ0v) is 16.7. The minimum atomic E-state index is -3.58. The van der Waals surface area contributed by atoms with Gasteiger partial charge in [-0.25, -0.2) is 26.3 Å². The van der Waals surface area contributed by atoms with E-state index in [0.29, 0.717) is 18.5 Å². The third-order valence-electron chi connectivity index (χ3n) is 3.91. The van der Waals surface area contributed by atoms with Gasteiger partial charge >= 0.3 is 0 Å². The Morgan fingerprint density at radius 3 is 2.12 bits per heavy atom. The lowest BCUT2D eigenvalue weighted by atomic mass is 10.2. The van der Waals surface area contributed by atoms with Crippen molar-refractivity contribution >= 4 is 20.0 Å². The predicted octanol–water partition coefficient (Wildman–Crippen LogP) is 2.12. The smallest absolute Gasteiger partial charge is 0.211 e. The van der Waals surface area contributed by atoms with E-state index in [4.69, 9.17) is 0 Å². The topological polar surface area (TPSA) is 92.3 Å². The van der Waals surface area contributed by atoms with E-state index in [1.807, 2.05) is 13.0 Å². The molecule has 0 spiro atoms. The van der Waals surface area contributed by atoms with Crippen molar-refractivity contribution in [2.75, 3.05) is 13.1 Å². The molecule has 0 aliphatic rings. The molecule has 0 bridgehead atoms. The number of sulfonamides is 2. The van der Waals surface area contributed by atoms with E-state index in [2.05, 4.69) is 9.44 Å². The third-order valence-corrected chi connectivity index (χ3v) is 7.07. The van der Waals surface area contributed by atoms with Crippen molar-refractivity contribution in [2.24, 2.45) is 0 Å². The summed E-state index contributed by atoms with van der Waals surface area (Å²) in [6.45, 7) is 5.88. The summed E-state index contributed by atoms with van der Waals surface area (Å²) < 4.78 is 53.7. The summed E-state index contributed by atoms with van der Waals surface area (Å²) in [5.41, 5.74) is 2.43. The maximum Gasteiger partial charge on any atom is 0.240 e. The molecule has 2 aromatic rings. The maximum absolute atomic E-state index is 12.5. The van der Waals surface area contributed by atoms with Gasteiger partial charge in [-0.1, -0.05) is 31.2 Å². The van der Waals surface area contributed by atoms with E-state index < -0.39 is 20.0 Å².